The number of benzene rings is 3. The summed E-state index contributed by atoms with van der Waals surface area (Å²) < 4.78 is 22.6. The molecule has 0 saturated carbocycles. The molecule has 1 atom stereocenters. The number of aliphatic hydroxyl groups excluding tert-OH is 1. The number of β-amino-alcohol motifs (C(OH)–C–C–N with tert-alkyl or cyclic N) is 1. The molecule has 2 aromatic heterocycles. The maximum absolute atomic E-state index is 10.6. The second-order valence-electron chi connectivity index (χ2n) is 9.77. The molecule has 0 bridgehead atoms. The lowest BCUT2D eigenvalue weighted by Gasteiger charge is -2.34. The molecular formula is C30H31N5O5. The SMILES string of the molecule is COc1ccccc1-c1nc(CN2CCN(CC(O)COc3ccc4oc(-c5ccccc5)nc4c3)CC2)no1. The van der Waals surface area contributed by atoms with Crippen molar-refractivity contribution in [3.63, 3.8) is 0 Å². The largest absolute Gasteiger partial charge is 0.496 e. The number of fused-ring (bicyclic) bond motifs is 1. The first-order valence-electron chi connectivity index (χ1n) is 13.3. The highest BCUT2D eigenvalue weighted by molar-refractivity contribution is 5.77. The van der Waals surface area contributed by atoms with Crippen molar-refractivity contribution in [3.05, 3.63) is 78.6 Å². The predicted octanol–water partition coefficient (Wildman–Crippen LogP) is 4.11. The lowest BCUT2D eigenvalue weighted by molar-refractivity contribution is 0.0440. The predicted molar refractivity (Wildman–Crippen MR) is 149 cm³/mol. The number of hydrogen-bond acceptors (Lipinski definition) is 10. The Hall–Kier alpha value is -4.25. The van der Waals surface area contributed by atoms with Gasteiger partial charge < -0.3 is 23.5 Å². The Morgan fingerprint density at radius 3 is 2.50 bits per heavy atom. The van der Waals surface area contributed by atoms with Crippen LogP contribution in [0.5, 0.6) is 11.5 Å². The van der Waals surface area contributed by atoms with Crippen molar-refractivity contribution in [2.75, 3.05) is 46.4 Å². The quantitative estimate of drug-likeness (QED) is 0.277. The molecule has 3 aromatic carbocycles. The minimum atomic E-state index is -0.611. The molecule has 1 saturated heterocycles. The average molecular weight is 542 g/mol. The molecule has 0 aliphatic carbocycles. The normalized spacial score (nSPS) is 15.3. The number of rotatable bonds is 10. The summed E-state index contributed by atoms with van der Waals surface area (Å²) in [5, 5.41) is 14.8. The van der Waals surface area contributed by atoms with Gasteiger partial charge in [-0.1, -0.05) is 35.5 Å². The van der Waals surface area contributed by atoms with Gasteiger partial charge in [-0.15, -0.1) is 0 Å². The first kappa shape index (κ1) is 26.0. The Bertz CT molecular complexity index is 1540. The van der Waals surface area contributed by atoms with E-state index in [0.29, 0.717) is 47.8 Å². The fourth-order valence-electron chi connectivity index (χ4n) is 4.82. The number of ether oxygens (including phenoxy) is 2. The average Bonchev–Trinajstić information content (AvgIpc) is 3.64. The van der Waals surface area contributed by atoms with E-state index in [4.69, 9.17) is 18.4 Å². The Morgan fingerprint density at radius 2 is 1.68 bits per heavy atom. The second-order valence-corrected chi connectivity index (χ2v) is 9.77. The molecule has 1 N–H and O–H groups in total. The number of oxazole rings is 1. The number of hydrogen-bond donors (Lipinski definition) is 1. The van der Waals surface area contributed by atoms with Crippen LogP contribution in [0, 0.1) is 0 Å². The van der Waals surface area contributed by atoms with E-state index in [1.54, 1.807) is 7.11 Å². The Labute approximate surface area is 231 Å². The highest BCUT2D eigenvalue weighted by Crippen LogP contribution is 2.29. The summed E-state index contributed by atoms with van der Waals surface area (Å²) in [5.41, 5.74) is 3.12. The number of para-hydroxylation sites is 1. The summed E-state index contributed by atoms with van der Waals surface area (Å²) >= 11 is 0. The topological polar surface area (TPSA) is 110 Å². The van der Waals surface area contributed by atoms with Crippen LogP contribution in [-0.4, -0.2) is 82.6 Å². The summed E-state index contributed by atoms with van der Waals surface area (Å²) in [4.78, 5) is 13.7. The van der Waals surface area contributed by atoms with Gasteiger partial charge in [0.05, 0.1) is 19.2 Å². The third-order valence-electron chi connectivity index (χ3n) is 6.93. The Morgan fingerprint density at radius 1 is 0.900 bits per heavy atom. The zero-order valence-corrected chi connectivity index (χ0v) is 22.3. The first-order valence-corrected chi connectivity index (χ1v) is 13.3. The van der Waals surface area contributed by atoms with Gasteiger partial charge in [0.2, 0.25) is 5.89 Å². The van der Waals surface area contributed by atoms with Gasteiger partial charge in [0.1, 0.15) is 29.7 Å². The maximum atomic E-state index is 10.6. The van der Waals surface area contributed by atoms with E-state index < -0.39 is 6.10 Å². The van der Waals surface area contributed by atoms with E-state index in [0.717, 1.165) is 42.8 Å². The summed E-state index contributed by atoms with van der Waals surface area (Å²) in [5.74, 6) is 3.01. The Kier molecular flexibility index (Phi) is 7.71. The van der Waals surface area contributed by atoms with Crippen molar-refractivity contribution in [3.8, 4) is 34.4 Å². The van der Waals surface area contributed by atoms with Gasteiger partial charge in [-0.2, -0.15) is 4.98 Å². The van der Waals surface area contributed by atoms with E-state index >= 15 is 0 Å². The van der Waals surface area contributed by atoms with Gasteiger partial charge in [-0.3, -0.25) is 9.80 Å². The van der Waals surface area contributed by atoms with Crippen molar-refractivity contribution in [2.45, 2.75) is 12.6 Å². The number of nitrogens with zero attached hydrogens (tertiary/aromatic N) is 5. The van der Waals surface area contributed by atoms with Crippen LogP contribution < -0.4 is 9.47 Å². The molecule has 5 aromatic rings. The van der Waals surface area contributed by atoms with Crippen LogP contribution in [0.15, 0.2) is 81.7 Å². The molecule has 1 aliphatic heterocycles. The summed E-state index contributed by atoms with van der Waals surface area (Å²) in [6, 6.07) is 22.9. The van der Waals surface area contributed by atoms with Gasteiger partial charge in [-0.25, -0.2) is 4.98 Å². The first-order chi connectivity index (χ1) is 19.6. The minimum Gasteiger partial charge on any atom is -0.496 e. The zero-order valence-electron chi connectivity index (χ0n) is 22.3. The van der Waals surface area contributed by atoms with E-state index in [1.807, 2.05) is 72.8 Å². The third kappa shape index (κ3) is 5.99. The van der Waals surface area contributed by atoms with E-state index in [1.165, 1.54) is 0 Å². The van der Waals surface area contributed by atoms with Crippen molar-refractivity contribution in [2.24, 2.45) is 0 Å². The van der Waals surface area contributed by atoms with Crippen LogP contribution in [0.4, 0.5) is 0 Å². The number of aromatic nitrogens is 3. The van der Waals surface area contributed by atoms with Gasteiger partial charge in [-0.05, 0) is 36.4 Å². The number of aliphatic hydroxyl groups is 1. The lowest BCUT2D eigenvalue weighted by Crippen LogP contribution is -2.48. The van der Waals surface area contributed by atoms with Gasteiger partial charge in [0.15, 0.2) is 11.4 Å². The van der Waals surface area contributed by atoms with Crippen LogP contribution in [-0.2, 0) is 6.54 Å². The molecule has 40 heavy (non-hydrogen) atoms. The summed E-state index contributed by atoms with van der Waals surface area (Å²) in [6.45, 7) is 4.71. The molecule has 1 aliphatic rings. The number of methoxy groups -OCH3 is 1. The van der Waals surface area contributed by atoms with E-state index in [2.05, 4.69) is 24.9 Å². The molecule has 0 amide bonds. The molecule has 10 heteroatoms. The van der Waals surface area contributed by atoms with Gasteiger partial charge in [0, 0.05) is 44.4 Å². The van der Waals surface area contributed by atoms with Crippen LogP contribution in [0.1, 0.15) is 5.82 Å². The molecule has 1 fully saturated rings. The maximum Gasteiger partial charge on any atom is 0.261 e. The lowest BCUT2D eigenvalue weighted by atomic mass is 10.2. The minimum absolute atomic E-state index is 0.198. The van der Waals surface area contributed by atoms with Gasteiger partial charge in [0.25, 0.3) is 5.89 Å². The van der Waals surface area contributed by atoms with E-state index in [9.17, 15) is 5.11 Å². The monoisotopic (exact) mass is 541 g/mol. The molecule has 3 heterocycles. The van der Waals surface area contributed by atoms with Crippen LogP contribution >= 0.6 is 0 Å². The molecule has 1 unspecified atom stereocenters. The van der Waals surface area contributed by atoms with Crippen LogP contribution in [0.2, 0.25) is 0 Å². The van der Waals surface area contributed by atoms with Crippen molar-refractivity contribution < 1.29 is 23.5 Å². The molecule has 206 valence electrons. The summed E-state index contributed by atoms with van der Waals surface area (Å²) in [7, 11) is 1.62. The summed E-state index contributed by atoms with van der Waals surface area (Å²) in [6.07, 6.45) is -0.611. The Balaban J connectivity index is 0.962. The van der Waals surface area contributed by atoms with Crippen molar-refractivity contribution in [1.82, 2.24) is 24.9 Å². The third-order valence-corrected chi connectivity index (χ3v) is 6.93. The van der Waals surface area contributed by atoms with Crippen molar-refractivity contribution >= 4 is 11.1 Å². The fraction of sp³-hybridized carbons (Fsp3) is 0.300. The standard InChI is InChI=1S/C30H31N5O5/c1-37-26-10-6-5-9-24(26)30-32-28(33-40-30)19-35-15-13-34(14-16-35)18-22(36)20-38-23-11-12-27-25(17-23)31-29(39-27)21-7-3-2-4-8-21/h2-12,17,22,36H,13-16,18-20H2,1H3. The number of piperazine rings is 1. The molecule has 6 rings (SSSR count). The molecular weight excluding hydrogens is 510 g/mol. The second kappa shape index (κ2) is 11.9. The van der Waals surface area contributed by atoms with Crippen LogP contribution in [0.25, 0.3) is 34.0 Å². The zero-order chi connectivity index (χ0) is 27.3. The smallest absolute Gasteiger partial charge is 0.261 e. The molecule has 10 nitrogen and oxygen atoms in total. The molecule has 0 spiro atoms. The van der Waals surface area contributed by atoms with Gasteiger partial charge >= 0.3 is 0 Å². The molecule has 0 radical (unpaired) electrons. The van der Waals surface area contributed by atoms with Crippen LogP contribution in [0.3, 0.4) is 0 Å². The fourth-order valence-corrected chi connectivity index (χ4v) is 4.82. The highest BCUT2D eigenvalue weighted by Gasteiger charge is 2.22. The van der Waals surface area contributed by atoms with Crippen molar-refractivity contribution in [1.29, 1.82) is 0 Å². The highest BCUT2D eigenvalue weighted by atomic mass is 16.5. The van der Waals surface area contributed by atoms with E-state index in [-0.39, 0.29) is 6.61 Å².